The molecular formula is C22H31FeP+2. The van der Waals surface area contributed by atoms with Crippen molar-refractivity contribution in [3.63, 3.8) is 0 Å². The van der Waals surface area contributed by atoms with Gasteiger partial charge in [0, 0.05) is 5.66 Å². The van der Waals surface area contributed by atoms with Crippen LogP contribution in [0.15, 0.2) is 0 Å². The molecule has 0 aliphatic heterocycles. The molecule has 0 nitrogen and oxygen atoms in total. The van der Waals surface area contributed by atoms with Crippen molar-refractivity contribution in [3.05, 3.63) is 63.4 Å². The van der Waals surface area contributed by atoms with Crippen LogP contribution in [-0.2, 0) is 17.1 Å². The monoisotopic (exact) mass is 382 g/mol. The molecule has 0 spiro atoms. The molecule has 0 aromatic carbocycles. The van der Waals surface area contributed by atoms with E-state index in [2.05, 4.69) is 25.7 Å². The Bertz CT molecular complexity index is 271. The van der Waals surface area contributed by atoms with E-state index < -0.39 is 0 Å². The second kappa shape index (κ2) is 12.4. The molecule has 4 aliphatic carbocycles. The summed E-state index contributed by atoms with van der Waals surface area (Å²) in [6.07, 6.45) is 34.4. The van der Waals surface area contributed by atoms with Crippen molar-refractivity contribution < 1.29 is 17.1 Å². The van der Waals surface area contributed by atoms with Crippen LogP contribution in [0.25, 0.3) is 0 Å². The average molecular weight is 382 g/mol. The van der Waals surface area contributed by atoms with Gasteiger partial charge in [0.1, 0.15) is 0 Å². The van der Waals surface area contributed by atoms with Gasteiger partial charge in [0.05, 0.1) is 0 Å². The fourth-order valence-corrected chi connectivity index (χ4v) is 8.09. The average Bonchev–Trinajstić information content (AvgIpc) is 3.34. The maximum atomic E-state index is 2.43. The van der Waals surface area contributed by atoms with Gasteiger partial charge >= 0.3 is 17.1 Å². The van der Waals surface area contributed by atoms with Gasteiger partial charge in [-0.1, -0.05) is 46.4 Å². The minimum atomic E-state index is 0. The second-order valence-corrected chi connectivity index (χ2v) is 9.89. The summed E-state index contributed by atoms with van der Waals surface area (Å²) in [5.74, 6) is 0. The van der Waals surface area contributed by atoms with E-state index in [1.54, 1.807) is 5.66 Å². The van der Waals surface area contributed by atoms with E-state index >= 15 is 0 Å². The number of hydrogen-bond acceptors (Lipinski definition) is 0. The summed E-state index contributed by atoms with van der Waals surface area (Å²) in [6.45, 7) is 0. The van der Waals surface area contributed by atoms with Crippen LogP contribution in [0.2, 0.25) is 0 Å². The summed E-state index contributed by atoms with van der Waals surface area (Å²) in [6, 6.07) is 0. The number of rotatable bonds is 3. The van der Waals surface area contributed by atoms with Crippen LogP contribution in [0.4, 0.5) is 0 Å². The zero-order valence-corrected chi connectivity index (χ0v) is 16.7. The first-order chi connectivity index (χ1) is 11.4. The van der Waals surface area contributed by atoms with Crippen molar-refractivity contribution >= 4 is 7.92 Å². The van der Waals surface area contributed by atoms with Crippen molar-refractivity contribution in [2.75, 3.05) is 0 Å². The molecule has 0 aromatic rings. The minimum Gasteiger partial charge on any atom is -0.0924 e. The maximum Gasteiger partial charge on any atom is 2.00 e. The van der Waals surface area contributed by atoms with Gasteiger partial charge in [-0.2, -0.15) is 0 Å². The van der Waals surface area contributed by atoms with Gasteiger partial charge in [0.2, 0.25) is 0 Å². The van der Waals surface area contributed by atoms with Gasteiger partial charge in [-0.15, -0.1) is 0 Å². The summed E-state index contributed by atoms with van der Waals surface area (Å²) in [7, 11) is 0.145. The van der Waals surface area contributed by atoms with E-state index in [0.29, 0.717) is 0 Å². The molecule has 24 heavy (non-hydrogen) atoms. The molecule has 4 fully saturated rings. The zero-order chi connectivity index (χ0) is 15.7. The van der Waals surface area contributed by atoms with E-state index in [4.69, 9.17) is 0 Å². The standard InChI is InChI=1S/C17H26P.C5H5.Fe/c1-3-9-15(10-4-1)18(17-13-7-8-14-17)16-11-5-2-6-12-16;1-2-4-5-3-1;/h7-8,13-16H,1-6,9-12H2;1-5H;/q;;+2. The van der Waals surface area contributed by atoms with Crippen molar-refractivity contribution in [2.24, 2.45) is 0 Å². The van der Waals surface area contributed by atoms with Crippen LogP contribution in [-0.4, -0.2) is 11.3 Å². The normalized spacial score (nSPS) is 26.9. The summed E-state index contributed by atoms with van der Waals surface area (Å²) in [4.78, 5) is 0. The van der Waals surface area contributed by atoms with Gasteiger partial charge in [0.25, 0.3) is 0 Å². The van der Waals surface area contributed by atoms with E-state index in [1.165, 1.54) is 64.2 Å². The Morgan fingerprint density at radius 3 is 1.29 bits per heavy atom. The summed E-state index contributed by atoms with van der Waals surface area (Å²) < 4.78 is 0. The molecule has 0 N–H and O–H groups in total. The smallest absolute Gasteiger partial charge is 0.0924 e. The predicted molar refractivity (Wildman–Crippen MR) is 103 cm³/mol. The van der Waals surface area contributed by atoms with Crippen LogP contribution in [0.1, 0.15) is 64.2 Å². The Morgan fingerprint density at radius 2 is 0.917 bits per heavy atom. The molecule has 0 unspecified atom stereocenters. The van der Waals surface area contributed by atoms with Gasteiger partial charge in [-0.3, -0.25) is 0 Å². The third-order valence-electron chi connectivity index (χ3n) is 5.43. The first kappa shape index (κ1) is 21.3. The van der Waals surface area contributed by atoms with Crippen molar-refractivity contribution in [1.29, 1.82) is 0 Å². The molecule has 4 saturated carbocycles. The molecule has 0 bridgehead atoms. The molecule has 0 heterocycles. The van der Waals surface area contributed by atoms with Crippen LogP contribution in [0, 0.1) is 63.4 Å². The quantitative estimate of drug-likeness (QED) is 0.385. The Morgan fingerprint density at radius 1 is 0.542 bits per heavy atom. The largest absolute Gasteiger partial charge is 2.00 e. The Labute approximate surface area is 163 Å². The Balaban J connectivity index is 0.000000300. The Kier molecular flexibility index (Phi) is 10.9. The molecule has 0 atom stereocenters. The predicted octanol–water partition coefficient (Wildman–Crippen LogP) is 6.52. The van der Waals surface area contributed by atoms with Gasteiger partial charge in [-0.25, -0.2) is 0 Å². The van der Waals surface area contributed by atoms with Gasteiger partial charge in [0.15, 0.2) is 0 Å². The van der Waals surface area contributed by atoms with Crippen LogP contribution < -0.4 is 0 Å². The minimum absolute atomic E-state index is 0. The second-order valence-electron chi connectivity index (χ2n) is 7.10. The number of hydrogen-bond donors (Lipinski definition) is 0. The molecule has 130 valence electrons. The van der Waals surface area contributed by atoms with Gasteiger partial charge in [-0.05, 0) is 94.8 Å². The molecule has 0 aromatic heterocycles. The molecule has 4 rings (SSSR count). The van der Waals surface area contributed by atoms with Crippen molar-refractivity contribution in [2.45, 2.75) is 75.5 Å². The molecule has 2 heteroatoms. The van der Waals surface area contributed by atoms with Crippen LogP contribution >= 0.6 is 7.92 Å². The Hall–Kier alpha value is 0.949. The van der Waals surface area contributed by atoms with Crippen molar-refractivity contribution in [1.82, 2.24) is 0 Å². The maximum absolute atomic E-state index is 2.43. The SMILES string of the molecule is [CH]1[CH][CH][CH][CH]1.[CH]1[CH][CH][C](P(C2CCCCC2)C2CCCCC2)[CH]1.[Fe+2]. The molecule has 0 amide bonds. The molecule has 4 aliphatic rings. The van der Waals surface area contributed by atoms with Crippen molar-refractivity contribution in [3.8, 4) is 0 Å². The topological polar surface area (TPSA) is 0 Å². The zero-order valence-electron chi connectivity index (χ0n) is 14.7. The van der Waals surface area contributed by atoms with Crippen LogP contribution in [0.5, 0.6) is 0 Å². The third-order valence-corrected chi connectivity index (χ3v) is 8.94. The van der Waals surface area contributed by atoms with Crippen LogP contribution in [0.3, 0.4) is 0 Å². The summed E-state index contributed by atoms with van der Waals surface area (Å²) >= 11 is 0. The van der Waals surface area contributed by atoms with E-state index in [0.717, 1.165) is 11.3 Å². The third kappa shape index (κ3) is 6.59. The first-order valence-electron chi connectivity index (χ1n) is 9.62. The molecular weight excluding hydrogens is 351 g/mol. The van der Waals surface area contributed by atoms with E-state index in [-0.39, 0.29) is 25.0 Å². The fraction of sp³-hybridized carbons (Fsp3) is 0.545. The van der Waals surface area contributed by atoms with Gasteiger partial charge < -0.3 is 0 Å². The summed E-state index contributed by atoms with van der Waals surface area (Å²) in [5, 5.41) is 0. The first-order valence-corrected chi connectivity index (χ1v) is 11.1. The van der Waals surface area contributed by atoms with E-state index in [1.807, 2.05) is 32.1 Å². The molecule has 10 radical (unpaired) electrons. The van der Waals surface area contributed by atoms with E-state index in [9.17, 15) is 0 Å². The summed E-state index contributed by atoms with van der Waals surface area (Å²) in [5.41, 5.74) is 3.84. The molecule has 0 saturated heterocycles. The fourth-order valence-electron chi connectivity index (χ4n) is 4.29.